The maximum Gasteiger partial charge on any atom is 0.264 e. The van der Waals surface area contributed by atoms with Crippen molar-refractivity contribution in [3.8, 4) is 17.1 Å². The van der Waals surface area contributed by atoms with Gasteiger partial charge in [0.15, 0.2) is 0 Å². The van der Waals surface area contributed by atoms with Crippen LogP contribution in [0.5, 0.6) is 5.88 Å². The summed E-state index contributed by atoms with van der Waals surface area (Å²) in [6.45, 7) is 13.0. The number of carbonyl (C=O) groups excluding carboxylic acids is 1. The summed E-state index contributed by atoms with van der Waals surface area (Å²) in [5, 5.41) is 3.11. The molecule has 4 bridgehead atoms. The maximum absolute atomic E-state index is 13.3. The van der Waals surface area contributed by atoms with Crippen molar-refractivity contribution >= 4 is 21.9 Å². The van der Waals surface area contributed by atoms with Crippen molar-refractivity contribution in [1.82, 2.24) is 20.2 Å². The van der Waals surface area contributed by atoms with Gasteiger partial charge in [-0.25, -0.2) is 18.1 Å². The van der Waals surface area contributed by atoms with Crippen molar-refractivity contribution in [2.24, 2.45) is 5.41 Å². The molecular formula is C30H37N5O4S. The third-order valence-electron chi connectivity index (χ3n) is 7.48. The molecule has 0 unspecified atom stereocenters. The number of nitrogens with zero attached hydrogens (tertiary/aromatic N) is 3. The molecule has 0 spiro atoms. The third-order valence-corrected chi connectivity index (χ3v) is 8.81. The van der Waals surface area contributed by atoms with E-state index >= 15 is 0 Å². The Morgan fingerprint density at radius 3 is 2.50 bits per heavy atom. The van der Waals surface area contributed by atoms with Crippen molar-refractivity contribution < 1.29 is 17.9 Å². The predicted molar refractivity (Wildman–Crippen MR) is 155 cm³/mol. The first-order valence-electron chi connectivity index (χ1n) is 13.7. The number of benzene rings is 2. The van der Waals surface area contributed by atoms with E-state index in [1.165, 1.54) is 12.1 Å². The number of hydrogen-bond acceptors (Lipinski definition) is 7. The Hall–Kier alpha value is -3.50. The summed E-state index contributed by atoms with van der Waals surface area (Å²) in [6.07, 6.45) is 1.32. The van der Waals surface area contributed by atoms with Gasteiger partial charge in [0.1, 0.15) is 6.10 Å². The highest BCUT2D eigenvalue weighted by atomic mass is 32.2. The van der Waals surface area contributed by atoms with Crippen LogP contribution in [0.4, 0.5) is 5.95 Å². The molecule has 9 nitrogen and oxygen atoms in total. The molecule has 212 valence electrons. The Balaban J connectivity index is 1.60. The number of fused-ring (bicyclic) bond motifs is 5. The van der Waals surface area contributed by atoms with Gasteiger partial charge in [0.25, 0.3) is 15.9 Å². The number of likely N-dealkylation sites (tertiary alicyclic amines) is 1. The molecule has 1 amide bonds. The number of rotatable bonds is 3. The van der Waals surface area contributed by atoms with Gasteiger partial charge in [-0.05, 0) is 68.0 Å². The molecule has 40 heavy (non-hydrogen) atoms. The van der Waals surface area contributed by atoms with Crippen molar-refractivity contribution in [2.75, 3.05) is 24.4 Å². The Kier molecular flexibility index (Phi) is 7.58. The number of aryl methyl sites for hydroxylation is 2. The second-order valence-electron chi connectivity index (χ2n) is 12.0. The normalized spacial score (nSPS) is 21.0. The minimum absolute atomic E-state index is 0.0449. The van der Waals surface area contributed by atoms with E-state index < -0.39 is 16.1 Å². The smallest absolute Gasteiger partial charge is 0.264 e. The zero-order valence-corrected chi connectivity index (χ0v) is 24.5. The summed E-state index contributed by atoms with van der Waals surface area (Å²) in [5.74, 6) is -0.179. The lowest BCUT2D eigenvalue weighted by molar-refractivity contribution is 0.0460. The first-order valence-corrected chi connectivity index (χ1v) is 15.1. The van der Waals surface area contributed by atoms with Crippen LogP contribution in [0.2, 0.25) is 0 Å². The highest BCUT2D eigenvalue weighted by Crippen LogP contribution is 2.31. The maximum atomic E-state index is 13.3. The third kappa shape index (κ3) is 6.28. The molecule has 2 atom stereocenters. The summed E-state index contributed by atoms with van der Waals surface area (Å²) in [5.41, 5.74) is 3.91. The van der Waals surface area contributed by atoms with Crippen LogP contribution >= 0.6 is 0 Å². The number of carbonyl (C=O) groups is 1. The van der Waals surface area contributed by atoms with Crippen LogP contribution in [0.15, 0.2) is 53.4 Å². The van der Waals surface area contributed by atoms with E-state index in [0.717, 1.165) is 36.2 Å². The highest BCUT2D eigenvalue weighted by molar-refractivity contribution is 7.92. The van der Waals surface area contributed by atoms with Gasteiger partial charge in [-0.15, -0.1) is 0 Å². The Morgan fingerprint density at radius 1 is 1.05 bits per heavy atom. The zero-order valence-electron chi connectivity index (χ0n) is 23.7. The van der Waals surface area contributed by atoms with Crippen LogP contribution in [0.1, 0.15) is 55.1 Å². The van der Waals surface area contributed by atoms with Gasteiger partial charge in [-0.2, -0.15) is 4.98 Å². The van der Waals surface area contributed by atoms with Crippen molar-refractivity contribution in [2.45, 2.75) is 64.5 Å². The number of ether oxygens (including phenoxy) is 1. The molecule has 0 radical (unpaired) electrons. The second kappa shape index (κ2) is 10.8. The summed E-state index contributed by atoms with van der Waals surface area (Å²) in [4.78, 5) is 24.7. The molecule has 1 saturated heterocycles. The summed E-state index contributed by atoms with van der Waals surface area (Å²) < 4.78 is 35.7. The van der Waals surface area contributed by atoms with Crippen molar-refractivity contribution in [3.63, 3.8) is 0 Å². The van der Waals surface area contributed by atoms with Crippen LogP contribution in [-0.4, -0.2) is 61.0 Å². The van der Waals surface area contributed by atoms with Gasteiger partial charge in [0, 0.05) is 30.3 Å². The van der Waals surface area contributed by atoms with Crippen LogP contribution < -0.4 is 14.8 Å². The lowest BCUT2D eigenvalue weighted by Gasteiger charge is -2.39. The van der Waals surface area contributed by atoms with E-state index in [9.17, 15) is 13.2 Å². The van der Waals surface area contributed by atoms with E-state index in [-0.39, 0.29) is 39.7 Å². The first-order chi connectivity index (χ1) is 18.9. The number of piperidine rings is 1. The zero-order chi connectivity index (χ0) is 28.7. The quantitative estimate of drug-likeness (QED) is 0.480. The van der Waals surface area contributed by atoms with E-state index in [4.69, 9.17) is 4.74 Å². The topological polar surface area (TPSA) is 114 Å². The molecule has 3 heterocycles. The van der Waals surface area contributed by atoms with Crippen LogP contribution in [-0.2, 0) is 10.0 Å². The fourth-order valence-electron chi connectivity index (χ4n) is 5.23. The van der Waals surface area contributed by atoms with E-state index in [1.54, 1.807) is 18.2 Å². The lowest BCUT2D eigenvalue weighted by Crippen LogP contribution is -2.56. The predicted octanol–water partition coefficient (Wildman–Crippen LogP) is 4.56. The van der Waals surface area contributed by atoms with Crippen LogP contribution in [0.3, 0.4) is 0 Å². The molecule has 2 aliphatic heterocycles. The number of anilines is 1. The summed E-state index contributed by atoms with van der Waals surface area (Å²) >= 11 is 0. The fourth-order valence-corrected chi connectivity index (χ4v) is 6.22. The van der Waals surface area contributed by atoms with Gasteiger partial charge in [-0.3, -0.25) is 9.69 Å². The SMILES string of the molecule is Cc1cccc(C)c1-c1cc2nc(n1)NS(=O)(=O)c1cccc(c1)C(=O)N[C@H]1CCN(CCC(C)(C)C)C[C@H]1O2. The fraction of sp³-hybridized carbons (Fsp3) is 0.433. The van der Waals surface area contributed by atoms with Gasteiger partial charge in [-0.1, -0.05) is 45.0 Å². The number of nitrogens with one attached hydrogen (secondary N) is 2. The second-order valence-corrected chi connectivity index (χ2v) is 13.6. The number of aromatic nitrogens is 2. The molecule has 1 aromatic heterocycles. The highest BCUT2D eigenvalue weighted by Gasteiger charge is 2.34. The van der Waals surface area contributed by atoms with Crippen molar-refractivity contribution in [3.05, 3.63) is 65.2 Å². The molecule has 2 aromatic carbocycles. The molecule has 0 saturated carbocycles. The monoisotopic (exact) mass is 563 g/mol. The average Bonchev–Trinajstić information content (AvgIpc) is 2.87. The van der Waals surface area contributed by atoms with Gasteiger partial charge in [0.05, 0.1) is 16.6 Å². The van der Waals surface area contributed by atoms with E-state index in [2.05, 4.69) is 45.7 Å². The summed E-state index contributed by atoms with van der Waals surface area (Å²) in [6, 6.07) is 13.4. The molecule has 10 heteroatoms. The number of sulfonamides is 1. The Morgan fingerprint density at radius 2 is 1.77 bits per heavy atom. The minimum atomic E-state index is -4.08. The van der Waals surface area contributed by atoms with Gasteiger partial charge in [0.2, 0.25) is 11.8 Å². The number of hydrogen-bond donors (Lipinski definition) is 2. The van der Waals surface area contributed by atoms with Crippen LogP contribution in [0.25, 0.3) is 11.3 Å². The van der Waals surface area contributed by atoms with E-state index in [0.29, 0.717) is 18.7 Å². The number of amides is 1. The molecule has 1 fully saturated rings. The summed E-state index contributed by atoms with van der Waals surface area (Å²) in [7, 11) is -4.08. The molecular weight excluding hydrogens is 526 g/mol. The Bertz CT molecular complexity index is 1510. The van der Waals surface area contributed by atoms with E-state index in [1.807, 2.05) is 32.0 Å². The van der Waals surface area contributed by atoms with Gasteiger partial charge >= 0.3 is 0 Å². The molecule has 5 rings (SSSR count). The molecule has 3 aromatic rings. The lowest BCUT2D eigenvalue weighted by atomic mass is 9.91. The standard InChI is InChI=1S/C30H37N5O4S/c1-19-8-6-9-20(2)27(19)24-17-26-33-29(32-24)34-40(37,38)22-11-7-10-21(16-22)28(36)31-23-12-14-35(18-25(23)39-26)15-13-30(3,4)5/h6-11,16-17,23,25H,12-15,18H2,1-5H3,(H,31,36)(H,32,33,34)/t23-,25+/m0/s1. The van der Waals surface area contributed by atoms with Crippen molar-refractivity contribution in [1.29, 1.82) is 0 Å². The van der Waals surface area contributed by atoms with Gasteiger partial charge < -0.3 is 10.1 Å². The minimum Gasteiger partial charge on any atom is -0.471 e. The average molecular weight is 564 g/mol. The Labute approximate surface area is 236 Å². The molecule has 2 aliphatic rings. The molecule has 0 aliphatic carbocycles. The van der Waals surface area contributed by atoms with Crippen LogP contribution in [0, 0.1) is 19.3 Å². The molecule has 2 N–H and O–H groups in total. The first kappa shape index (κ1) is 28.0. The largest absolute Gasteiger partial charge is 0.471 e.